The van der Waals surface area contributed by atoms with Crippen LogP contribution in [0.2, 0.25) is 0 Å². The Hall–Kier alpha value is -0.520. The first-order valence-corrected chi connectivity index (χ1v) is 5.19. The fourth-order valence-corrected chi connectivity index (χ4v) is 1.82. The molecule has 0 radical (unpaired) electrons. The van der Waals surface area contributed by atoms with Crippen LogP contribution < -0.4 is 5.32 Å². The van der Waals surface area contributed by atoms with Crippen molar-refractivity contribution in [2.45, 2.75) is 50.7 Å². The van der Waals surface area contributed by atoms with Crippen LogP contribution in [-0.2, 0) is 0 Å². The van der Waals surface area contributed by atoms with E-state index in [1.165, 1.54) is 0 Å². The molecule has 1 rings (SSSR count). The summed E-state index contributed by atoms with van der Waals surface area (Å²) in [6.45, 7) is 0.989. The predicted octanol–water partition coefficient (Wildman–Crippen LogP) is 1.29. The molecule has 1 aliphatic rings. The number of hydrogen-bond donors (Lipinski definition) is 2. The van der Waals surface area contributed by atoms with Gasteiger partial charge >= 0.3 is 0 Å². The summed E-state index contributed by atoms with van der Waals surface area (Å²) in [4.78, 5) is 0. The second-order valence-corrected chi connectivity index (χ2v) is 3.72. The fourth-order valence-electron chi connectivity index (χ4n) is 1.82. The first kappa shape index (κ1) is 10.6. The molecule has 0 bridgehead atoms. The maximum atomic E-state index is 9.50. The monoisotopic (exact) mass is 181 g/mol. The molecule has 0 saturated heterocycles. The van der Waals surface area contributed by atoms with E-state index in [9.17, 15) is 5.11 Å². The topological polar surface area (TPSA) is 32.3 Å². The standard InChI is InChI=1S/C11H19NO/c1-2-3-4-5-9-12-10-7-6-8-11(10)13/h1,10-13H,3-9H2/t10-,11-/m1/s1. The average molecular weight is 181 g/mol. The Morgan fingerprint density at radius 1 is 1.38 bits per heavy atom. The Labute approximate surface area is 80.7 Å². The third-order valence-electron chi connectivity index (χ3n) is 2.63. The van der Waals surface area contributed by atoms with E-state index >= 15 is 0 Å². The molecular weight excluding hydrogens is 162 g/mol. The van der Waals surface area contributed by atoms with Gasteiger partial charge in [-0.1, -0.05) is 0 Å². The second kappa shape index (κ2) is 6.01. The van der Waals surface area contributed by atoms with Crippen LogP contribution in [0.15, 0.2) is 0 Å². The van der Waals surface area contributed by atoms with E-state index in [1.807, 2.05) is 0 Å². The number of aliphatic hydroxyl groups is 1. The zero-order valence-electron chi connectivity index (χ0n) is 8.13. The lowest BCUT2D eigenvalue weighted by atomic mass is 10.2. The third-order valence-corrected chi connectivity index (χ3v) is 2.63. The van der Waals surface area contributed by atoms with E-state index in [0.29, 0.717) is 6.04 Å². The molecule has 0 aliphatic heterocycles. The van der Waals surface area contributed by atoms with Gasteiger partial charge in [0.25, 0.3) is 0 Å². The lowest BCUT2D eigenvalue weighted by Crippen LogP contribution is -2.36. The van der Waals surface area contributed by atoms with Crippen LogP contribution >= 0.6 is 0 Å². The Morgan fingerprint density at radius 3 is 2.85 bits per heavy atom. The summed E-state index contributed by atoms with van der Waals surface area (Å²) in [7, 11) is 0. The highest BCUT2D eigenvalue weighted by molar-refractivity contribution is 4.84. The molecule has 0 aromatic heterocycles. The molecule has 74 valence electrons. The van der Waals surface area contributed by atoms with Gasteiger partial charge in [0.2, 0.25) is 0 Å². The van der Waals surface area contributed by atoms with Crippen molar-refractivity contribution in [1.29, 1.82) is 0 Å². The number of aliphatic hydroxyl groups excluding tert-OH is 1. The van der Waals surface area contributed by atoms with Crippen molar-refractivity contribution < 1.29 is 5.11 Å². The van der Waals surface area contributed by atoms with Crippen molar-refractivity contribution in [3.63, 3.8) is 0 Å². The molecule has 2 heteroatoms. The summed E-state index contributed by atoms with van der Waals surface area (Å²) in [6.07, 6.45) is 11.3. The van der Waals surface area contributed by atoms with Gasteiger partial charge in [0.05, 0.1) is 6.10 Å². The normalized spacial score (nSPS) is 27.4. The van der Waals surface area contributed by atoms with E-state index in [4.69, 9.17) is 6.42 Å². The molecule has 0 unspecified atom stereocenters. The Bertz CT molecular complexity index is 173. The van der Waals surface area contributed by atoms with Crippen LogP contribution in [0.25, 0.3) is 0 Å². The zero-order valence-corrected chi connectivity index (χ0v) is 8.13. The molecular formula is C11H19NO. The number of hydrogen-bond acceptors (Lipinski definition) is 2. The second-order valence-electron chi connectivity index (χ2n) is 3.72. The Morgan fingerprint density at radius 2 is 2.23 bits per heavy atom. The molecule has 1 fully saturated rings. The van der Waals surface area contributed by atoms with Crippen LogP contribution in [0.3, 0.4) is 0 Å². The molecule has 0 heterocycles. The average Bonchev–Trinajstić information content (AvgIpc) is 2.52. The van der Waals surface area contributed by atoms with Gasteiger partial charge in [0.1, 0.15) is 0 Å². The summed E-state index contributed by atoms with van der Waals surface area (Å²) in [5.74, 6) is 2.63. The molecule has 0 aromatic carbocycles. The van der Waals surface area contributed by atoms with Gasteiger partial charge in [-0.3, -0.25) is 0 Å². The molecule has 0 amide bonds. The van der Waals surface area contributed by atoms with Gasteiger partial charge in [-0.15, -0.1) is 12.3 Å². The number of terminal acetylenes is 1. The molecule has 2 atom stereocenters. The SMILES string of the molecule is C#CCCCCN[C@@H]1CCC[C@H]1O. The molecule has 0 spiro atoms. The van der Waals surface area contributed by atoms with Crippen molar-refractivity contribution in [2.24, 2.45) is 0 Å². The minimum atomic E-state index is -0.118. The van der Waals surface area contributed by atoms with Gasteiger partial charge < -0.3 is 10.4 Å². The van der Waals surface area contributed by atoms with Gasteiger partial charge in [0, 0.05) is 12.5 Å². The Kier molecular flexibility index (Phi) is 4.88. The van der Waals surface area contributed by atoms with E-state index in [1.54, 1.807) is 0 Å². The third kappa shape index (κ3) is 3.80. The number of rotatable bonds is 5. The van der Waals surface area contributed by atoms with Crippen LogP contribution in [0.4, 0.5) is 0 Å². The summed E-state index contributed by atoms with van der Waals surface area (Å²) in [6, 6.07) is 0.339. The smallest absolute Gasteiger partial charge is 0.0693 e. The van der Waals surface area contributed by atoms with Crippen LogP contribution in [0.5, 0.6) is 0 Å². The Balaban J connectivity index is 1.96. The van der Waals surface area contributed by atoms with Gasteiger partial charge in [-0.05, 0) is 38.6 Å². The zero-order chi connectivity index (χ0) is 9.52. The number of nitrogens with one attached hydrogen (secondary N) is 1. The highest BCUT2D eigenvalue weighted by Gasteiger charge is 2.23. The number of unbranched alkanes of at least 4 members (excludes halogenated alkanes) is 2. The molecule has 2 N–H and O–H groups in total. The first-order chi connectivity index (χ1) is 6.34. The summed E-state index contributed by atoms with van der Waals surface area (Å²) < 4.78 is 0. The van der Waals surface area contributed by atoms with Crippen molar-refractivity contribution >= 4 is 0 Å². The lowest BCUT2D eigenvalue weighted by molar-refractivity contribution is 0.149. The summed E-state index contributed by atoms with van der Waals surface area (Å²) in [5, 5.41) is 12.9. The van der Waals surface area contributed by atoms with Crippen LogP contribution in [0.1, 0.15) is 38.5 Å². The predicted molar refractivity (Wildman–Crippen MR) is 54.3 cm³/mol. The molecule has 13 heavy (non-hydrogen) atoms. The summed E-state index contributed by atoms with van der Waals surface area (Å²) in [5.41, 5.74) is 0. The van der Waals surface area contributed by atoms with Crippen LogP contribution in [-0.4, -0.2) is 23.8 Å². The molecule has 1 saturated carbocycles. The molecule has 0 aromatic rings. The van der Waals surface area contributed by atoms with Crippen molar-refractivity contribution in [2.75, 3.05) is 6.54 Å². The minimum absolute atomic E-state index is 0.118. The lowest BCUT2D eigenvalue weighted by Gasteiger charge is -2.15. The minimum Gasteiger partial charge on any atom is -0.392 e. The van der Waals surface area contributed by atoms with Gasteiger partial charge in [-0.25, -0.2) is 0 Å². The maximum absolute atomic E-state index is 9.50. The highest BCUT2D eigenvalue weighted by Crippen LogP contribution is 2.18. The fraction of sp³-hybridized carbons (Fsp3) is 0.818. The largest absolute Gasteiger partial charge is 0.392 e. The van der Waals surface area contributed by atoms with E-state index in [0.717, 1.165) is 45.1 Å². The summed E-state index contributed by atoms with van der Waals surface area (Å²) >= 11 is 0. The quantitative estimate of drug-likeness (QED) is 0.495. The van der Waals surface area contributed by atoms with Gasteiger partial charge in [-0.2, -0.15) is 0 Å². The first-order valence-electron chi connectivity index (χ1n) is 5.19. The molecule has 2 nitrogen and oxygen atoms in total. The highest BCUT2D eigenvalue weighted by atomic mass is 16.3. The van der Waals surface area contributed by atoms with Crippen LogP contribution in [0, 0.1) is 12.3 Å². The molecule has 1 aliphatic carbocycles. The van der Waals surface area contributed by atoms with E-state index in [2.05, 4.69) is 11.2 Å². The van der Waals surface area contributed by atoms with Gasteiger partial charge in [0.15, 0.2) is 0 Å². The van der Waals surface area contributed by atoms with E-state index in [-0.39, 0.29) is 6.10 Å². The van der Waals surface area contributed by atoms with Crippen molar-refractivity contribution in [3.05, 3.63) is 0 Å². The van der Waals surface area contributed by atoms with E-state index < -0.39 is 0 Å². The maximum Gasteiger partial charge on any atom is 0.0693 e. The van der Waals surface area contributed by atoms with Crippen molar-refractivity contribution in [1.82, 2.24) is 5.32 Å². The van der Waals surface area contributed by atoms with Crippen molar-refractivity contribution in [3.8, 4) is 12.3 Å².